The molecule has 5 rings (SSSR count). The van der Waals surface area contributed by atoms with E-state index < -0.39 is 14.2 Å². The zero-order chi connectivity index (χ0) is 22.4. The van der Waals surface area contributed by atoms with Gasteiger partial charge in [-0.3, -0.25) is 0 Å². The van der Waals surface area contributed by atoms with Crippen molar-refractivity contribution in [2.75, 3.05) is 0 Å². The Balaban J connectivity index is 1.64. The molecule has 2 aromatic carbocycles. The highest BCUT2D eigenvalue weighted by molar-refractivity contribution is 6.67. The Morgan fingerprint density at radius 2 is 0.871 bits per heavy atom. The van der Waals surface area contributed by atoms with Gasteiger partial charge in [-0.1, -0.05) is 36.4 Å². The van der Waals surface area contributed by atoms with Crippen LogP contribution in [0.3, 0.4) is 0 Å². The molecule has 1 N–H and O–H groups in total. The van der Waals surface area contributed by atoms with E-state index in [1.807, 2.05) is 0 Å². The van der Waals surface area contributed by atoms with Crippen LogP contribution in [0.4, 0.5) is 0 Å². The number of fused-ring (bicyclic) bond motifs is 3. The number of aromatic nitrogens is 1. The number of rotatable bonds is 2. The molecule has 2 aliphatic heterocycles. The normalized spacial score (nSPS) is 23.9. The van der Waals surface area contributed by atoms with E-state index in [4.69, 9.17) is 18.6 Å². The second-order valence-corrected chi connectivity index (χ2v) is 10.8. The van der Waals surface area contributed by atoms with Gasteiger partial charge in [0.15, 0.2) is 0 Å². The monoisotopic (exact) mass is 419 g/mol. The SMILES string of the molecule is CC1(C)OB(c2cccc3c2[nH]c2c(B4OC(C)(C)C(C)(C)O4)cccc23)OC1(C)C. The third-order valence-corrected chi connectivity index (χ3v) is 7.75. The zero-order valence-corrected chi connectivity index (χ0v) is 19.8. The first-order valence-corrected chi connectivity index (χ1v) is 11.1. The minimum absolute atomic E-state index is 0.389. The van der Waals surface area contributed by atoms with Crippen molar-refractivity contribution in [1.29, 1.82) is 0 Å². The van der Waals surface area contributed by atoms with Crippen molar-refractivity contribution in [3.63, 3.8) is 0 Å². The molecule has 0 amide bonds. The van der Waals surface area contributed by atoms with Gasteiger partial charge in [0.1, 0.15) is 0 Å². The highest BCUT2D eigenvalue weighted by Gasteiger charge is 2.53. The molecule has 31 heavy (non-hydrogen) atoms. The maximum atomic E-state index is 6.35. The molecular formula is C24H31B2NO4. The first-order valence-electron chi connectivity index (χ1n) is 11.1. The number of hydrogen-bond acceptors (Lipinski definition) is 4. The van der Waals surface area contributed by atoms with Crippen LogP contribution >= 0.6 is 0 Å². The summed E-state index contributed by atoms with van der Waals surface area (Å²) in [5, 5.41) is 2.28. The number of aromatic amines is 1. The lowest BCUT2D eigenvalue weighted by atomic mass is 9.77. The molecule has 162 valence electrons. The minimum Gasteiger partial charge on any atom is -0.399 e. The van der Waals surface area contributed by atoms with E-state index >= 15 is 0 Å². The Hall–Kier alpha value is -1.79. The summed E-state index contributed by atoms with van der Waals surface area (Å²) >= 11 is 0. The Morgan fingerprint density at radius 3 is 1.19 bits per heavy atom. The van der Waals surface area contributed by atoms with Crippen LogP contribution in [0.2, 0.25) is 0 Å². The summed E-state index contributed by atoms with van der Waals surface area (Å²) < 4.78 is 25.4. The molecule has 0 atom stereocenters. The van der Waals surface area contributed by atoms with Crippen LogP contribution in [0.25, 0.3) is 21.8 Å². The lowest BCUT2D eigenvalue weighted by Gasteiger charge is -2.32. The van der Waals surface area contributed by atoms with Gasteiger partial charge in [0, 0.05) is 32.7 Å². The highest BCUT2D eigenvalue weighted by Crippen LogP contribution is 2.39. The maximum Gasteiger partial charge on any atom is 0.497 e. The first kappa shape index (κ1) is 21.1. The van der Waals surface area contributed by atoms with Crippen LogP contribution < -0.4 is 10.9 Å². The van der Waals surface area contributed by atoms with Gasteiger partial charge < -0.3 is 23.6 Å². The summed E-state index contributed by atoms with van der Waals surface area (Å²) in [6.45, 7) is 16.6. The lowest BCUT2D eigenvalue weighted by Crippen LogP contribution is -2.41. The minimum atomic E-state index is -0.429. The van der Waals surface area contributed by atoms with Crippen molar-refractivity contribution in [2.24, 2.45) is 0 Å². The smallest absolute Gasteiger partial charge is 0.399 e. The fourth-order valence-corrected chi connectivity index (χ4v) is 4.33. The first-order chi connectivity index (χ1) is 14.3. The fourth-order valence-electron chi connectivity index (χ4n) is 4.33. The molecule has 5 nitrogen and oxygen atoms in total. The summed E-state index contributed by atoms with van der Waals surface area (Å²) in [5.74, 6) is 0. The van der Waals surface area contributed by atoms with Crippen LogP contribution in [-0.2, 0) is 18.6 Å². The van der Waals surface area contributed by atoms with Crippen molar-refractivity contribution < 1.29 is 18.6 Å². The lowest BCUT2D eigenvalue weighted by molar-refractivity contribution is 0.00578. The predicted molar refractivity (Wildman–Crippen MR) is 127 cm³/mol. The van der Waals surface area contributed by atoms with Crippen LogP contribution in [0.5, 0.6) is 0 Å². The van der Waals surface area contributed by atoms with E-state index in [2.05, 4.69) is 96.8 Å². The molecule has 2 aliphatic rings. The van der Waals surface area contributed by atoms with Crippen molar-refractivity contribution in [2.45, 2.75) is 77.8 Å². The molecule has 3 aromatic rings. The molecule has 0 spiro atoms. The number of H-pyrrole nitrogens is 1. The van der Waals surface area contributed by atoms with E-state index in [0.717, 1.165) is 32.7 Å². The van der Waals surface area contributed by atoms with Gasteiger partial charge in [0.2, 0.25) is 0 Å². The average Bonchev–Trinajstić information content (AvgIpc) is 3.21. The van der Waals surface area contributed by atoms with E-state index in [0.29, 0.717) is 0 Å². The van der Waals surface area contributed by atoms with Gasteiger partial charge in [0.05, 0.1) is 22.4 Å². The Labute approximate surface area is 185 Å². The summed E-state index contributed by atoms with van der Waals surface area (Å²) in [4.78, 5) is 3.66. The maximum absolute atomic E-state index is 6.35. The number of para-hydroxylation sites is 2. The van der Waals surface area contributed by atoms with E-state index in [9.17, 15) is 0 Å². The van der Waals surface area contributed by atoms with Crippen LogP contribution in [0, 0.1) is 0 Å². The average molecular weight is 419 g/mol. The van der Waals surface area contributed by atoms with E-state index in [1.165, 1.54) is 0 Å². The molecule has 7 heteroatoms. The summed E-state index contributed by atoms with van der Waals surface area (Å²) in [6.07, 6.45) is 0. The summed E-state index contributed by atoms with van der Waals surface area (Å²) in [7, 11) is -0.857. The molecule has 2 saturated heterocycles. The molecule has 0 radical (unpaired) electrons. The van der Waals surface area contributed by atoms with Crippen LogP contribution in [-0.4, -0.2) is 41.6 Å². The molecule has 0 aliphatic carbocycles. The largest absolute Gasteiger partial charge is 0.497 e. The molecule has 2 fully saturated rings. The van der Waals surface area contributed by atoms with E-state index in [1.54, 1.807) is 0 Å². The Bertz CT molecular complexity index is 1060. The van der Waals surface area contributed by atoms with Crippen molar-refractivity contribution >= 4 is 47.0 Å². The second-order valence-electron chi connectivity index (χ2n) is 10.8. The molecule has 1 aromatic heterocycles. The standard InChI is InChI=1S/C24H31B2NO4/c1-21(2)22(3,4)29-25(28-21)17-13-9-11-15-16-12-10-14-18(20(16)27-19(15)17)26-30-23(5,6)24(7,8)31-26/h9-14,27H,1-8H3. The topological polar surface area (TPSA) is 52.7 Å². The van der Waals surface area contributed by atoms with Gasteiger partial charge in [-0.25, -0.2) is 0 Å². The van der Waals surface area contributed by atoms with Gasteiger partial charge in [0.25, 0.3) is 0 Å². The van der Waals surface area contributed by atoms with Crippen molar-refractivity contribution in [3.8, 4) is 0 Å². The predicted octanol–water partition coefficient (Wildman–Crippen LogP) is 3.92. The van der Waals surface area contributed by atoms with Crippen molar-refractivity contribution in [1.82, 2.24) is 4.98 Å². The zero-order valence-electron chi connectivity index (χ0n) is 19.8. The number of hydrogen-bond donors (Lipinski definition) is 1. The molecule has 3 heterocycles. The third-order valence-electron chi connectivity index (χ3n) is 7.75. The molecular weight excluding hydrogens is 388 g/mol. The van der Waals surface area contributed by atoms with E-state index in [-0.39, 0.29) is 22.4 Å². The Morgan fingerprint density at radius 1 is 0.548 bits per heavy atom. The van der Waals surface area contributed by atoms with Gasteiger partial charge in [-0.05, 0) is 55.4 Å². The number of benzene rings is 2. The highest BCUT2D eigenvalue weighted by atomic mass is 16.7. The van der Waals surface area contributed by atoms with Crippen LogP contribution in [0.1, 0.15) is 55.4 Å². The fraction of sp³-hybridized carbons (Fsp3) is 0.500. The van der Waals surface area contributed by atoms with Crippen LogP contribution in [0.15, 0.2) is 36.4 Å². The number of nitrogens with one attached hydrogen (secondary N) is 1. The molecule has 0 saturated carbocycles. The second kappa shape index (κ2) is 6.38. The summed E-state index contributed by atoms with van der Waals surface area (Å²) in [6, 6.07) is 12.6. The van der Waals surface area contributed by atoms with Crippen molar-refractivity contribution in [3.05, 3.63) is 36.4 Å². The quantitative estimate of drug-likeness (QED) is 0.640. The third kappa shape index (κ3) is 3.01. The van der Waals surface area contributed by atoms with Gasteiger partial charge in [-0.2, -0.15) is 0 Å². The Kier molecular flexibility index (Phi) is 4.34. The summed E-state index contributed by atoms with van der Waals surface area (Å²) in [5.41, 5.74) is 2.51. The molecule has 0 unspecified atom stereocenters. The molecule has 0 bridgehead atoms. The van der Waals surface area contributed by atoms with Gasteiger partial charge >= 0.3 is 14.2 Å². The van der Waals surface area contributed by atoms with Gasteiger partial charge in [-0.15, -0.1) is 0 Å².